The average molecular weight is 310 g/mol. The first kappa shape index (κ1) is 14.0. The standard InChI is InChI=1S/C16H18N6O/c1-21(15-11-3-7-18-14(11)19-10-20-15)12-8-22(13(23)2-6-17)9-16(12)4-5-16/h3,7,10,12H,2,4-5,8-9H2,1H3,(H,18,19,20)/t12-/m0/s1. The second kappa shape index (κ2) is 4.95. The van der Waals surface area contributed by atoms with E-state index in [1.165, 1.54) is 0 Å². The number of likely N-dealkylation sites (tertiary alicyclic amines) is 1. The van der Waals surface area contributed by atoms with Gasteiger partial charge in [-0.05, 0) is 18.9 Å². The van der Waals surface area contributed by atoms with Gasteiger partial charge < -0.3 is 14.8 Å². The summed E-state index contributed by atoms with van der Waals surface area (Å²) in [4.78, 5) is 27.9. The molecule has 118 valence electrons. The molecule has 0 unspecified atom stereocenters. The number of nitrogens with one attached hydrogen (secondary N) is 1. The number of fused-ring (bicyclic) bond motifs is 1. The fraction of sp³-hybridized carbons (Fsp3) is 0.500. The predicted octanol–water partition coefficient (Wildman–Crippen LogP) is 1.30. The fourth-order valence-electron chi connectivity index (χ4n) is 3.79. The van der Waals surface area contributed by atoms with Crippen LogP contribution in [0, 0.1) is 16.7 Å². The van der Waals surface area contributed by atoms with Gasteiger partial charge in [-0.15, -0.1) is 0 Å². The van der Waals surface area contributed by atoms with Crippen LogP contribution in [0.3, 0.4) is 0 Å². The Hall–Kier alpha value is -2.62. The molecule has 1 amide bonds. The molecule has 7 nitrogen and oxygen atoms in total. The summed E-state index contributed by atoms with van der Waals surface area (Å²) in [6.45, 7) is 1.41. The predicted molar refractivity (Wildman–Crippen MR) is 84.6 cm³/mol. The van der Waals surface area contributed by atoms with E-state index in [1.54, 1.807) is 6.33 Å². The van der Waals surface area contributed by atoms with Crippen molar-refractivity contribution in [2.24, 2.45) is 5.41 Å². The first-order valence-electron chi connectivity index (χ1n) is 7.80. The van der Waals surface area contributed by atoms with Crippen molar-refractivity contribution in [1.29, 1.82) is 5.26 Å². The third kappa shape index (κ3) is 2.13. The Morgan fingerprint density at radius 3 is 3.13 bits per heavy atom. The Bertz CT molecular complexity index is 802. The summed E-state index contributed by atoms with van der Waals surface area (Å²) >= 11 is 0. The Balaban J connectivity index is 1.64. The normalized spacial score (nSPS) is 21.6. The van der Waals surface area contributed by atoms with Gasteiger partial charge in [-0.1, -0.05) is 0 Å². The molecule has 23 heavy (non-hydrogen) atoms. The Labute approximate surface area is 133 Å². The van der Waals surface area contributed by atoms with Crippen LogP contribution >= 0.6 is 0 Å². The van der Waals surface area contributed by atoms with Crippen molar-refractivity contribution in [2.75, 3.05) is 25.0 Å². The van der Waals surface area contributed by atoms with E-state index in [-0.39, 0.29) is 23.8 Å². The molecular weight excluding hydrogens is 292 g/mol. The molecule has 2 aliphatic rings. The lowest BCUT2D eigenvalue weighted by Crippen LogP contribution is -2.40. The van der Waals surface area contributed by atoms with Crippen LogP contribution in [0.1, 0.15) is 19.3 Å². The van der Waals surface area contributed by atoms with Gasteiger partial charge in [0.15, 0.2) is 0 Å². The van der Waals surface area contributed by atoms with E-state index in [9.17, 15) is 4.79 Å². The summed E-state index contributed by atoms with van der Waals surface area (Å²) in [6, 6.07) is 4.17. The number of rotatable bonds is 3. The zero-order chi connectivity index (χ0) is 16.0. The second-order valence-electron chi connectivity index (χ2n) is 6.54. The molecule has 1 aliphatic carbocycles. The third-order valence-electron chi connectivity index (χ3n) is 5.22. The van der Waals surface area contributed by atoms with Gasteiger partial charge in [0.2, 0.25) is 5.91 Å². The van der Waals surface area contributed by atoms with E-state index in [4.69, 9.17) is 5.26 Å². The van der Waals surface area contributed by atoms with Crippen LogP contribution in [0.4, 0.5) is 5.82 Å². The fourth-order valence-corrected chi connectivity index (χ4v) is 3.79. The molecular formula is C16H18N6O. The molecule has 1 N–H and O–H groups in total. The van der Waals surface area contributed by atoms with Gasteiger partial charge in [-0.25, -0.2) is 9.97 Å². The van der Waals surface area contributed by atoms with Crippen molar-refractivity contribution in [1.82, 2.24) is 19.9 Å². The second-order valence-corrected chi connectivity index (χ2v) is 6.54. The van der Waals surface area contributed by atoms with Crippen molar-refractivity contribution in [2.45, 2.75) is 25.3 Å². The van der Waals surface area contributed by atoms with E-state index in [1.807, 2.05) is 30.3 Å². The number of H-pyrrole nitrogens is 1. The summed E-state index contributed by atoms with van der Waals surface area (Å²) in [5.74, 6) is 0.825. The van der Waals surface area contributed by atoms with Gasteiger partial charge in [0.25, 0.3) is 0 Å². The number of hydrogen-bond acceptors (Lipinski definition) is 5. The van der Waals surface area contributed by atoms with Gasteiger partial charge >= 0.3 is 0 Å². The van der Waals surface area contributed by atoms with Crippen LogP contribution in [-0.2, 0) is 4.79 Å². The van der Waals surface area contributed by atoms with Crippen LogP contribution in [0.5, 0.6) is 0 Å². The summed E-state index contributed by atoms with van der Waals surface area (Å²) in [5.41, 5.74) is 0.982. The third-order valence-corrected chi connectivity index (χ3v) is 5.22. The molecule has 0 bridgehead atoms. The summed E-state index contributed by atoms with van der Waals surface area (Å²) in [6.07, 6.45) is 5.64. The van der Waals surface area contributed by atoms with Gasteiger partial charge in [0, 0.05) is 31.7 Å². The van der Waals surface area contributed by atoms with Crippen molar-refractivity contribution < 1.29 is 4.79 Å². The maximum absolute atomic E-state index is 12.1. The molecule has 1 aliphatic heterocycles. The highest BCUT2D eigenvalue weighted by Gasteiger charge is 2.57. The number of carbonyl (C=O) groups is 1. The minimum atomic E-state index is -0.0656. The number of anilines is 1. The molecule has 2 aromatic heterocycles. The lowest BCUT2D eigenvalue weighted by Gasteiger charge is -2.30. The molecule has 2 fully saturated rings. The molecule has 0 radical (unpaired) electrons. The van der Waals surface area contributed by atoms with Gasteiger partial charge in [0.1, 0.15) is 24.2 Å². The van der Waals surface area contributed by atoms with E-state index < -0.39 is 0 Å². The lowest BCUT2D eigenvalue weighted by molar-refractivity contribution is -0.129. The molecule has 1 spiro atoms. The lowest BCUT2D eigenvalue weighted by atomic mass is 9.99. The minimum Gasteiger partial charge on any atom is -0.354 e. The number of aromatic nitrogens is 3. The smallest absolute Gasteiger partial charge is 0.236 e. The Morgan fingerprint density at radius 2 is 2.39 bits per heavy atom. The zero-order valence-corrected chi connectivity index (χ0v) is 13.0. The highest BCUT2D eigenvalue weighted by Crippen LogP contribution is 2.55. The first-order valence-corrected chi connectivity index (χ1v) is 7.80. The van der Waals surface area contributed by atoms with Crippen LogP contribution < -0.4 is 4.90 Å². The quantitative estimate of drug-likeness (QED) is 0.923. The van der Waals surface area contributed by atoms with E-state index in [0.29, 0.717) is 6.54 Å². The number of nitriles is 1. The topological polar surface area (TPSA) is 88.9 Å². The van der Waals surface area contributed by atoms with Crippen molar-refractivity contribution >= 4 is 22.8 Å². The van der Waals surface area contributed by atoms with Crippen LogP contribution in [0.15, 0.2) is 18.6 Å². The maximum Gasteiger partial charge on any atom is 0.236 e. The van der Waals surface area contributed by atoms with E-state index in [0.717, 1.165) is 36.2 Å². The van der Waals surface area contributed by atoms with Crippen LogP contribution in [-0.4, -0.2) is 51.9 Å². The molecule has 4 rings (SSSR count). The van der Waals surface area contributed by atoms with Crippen molar-refractivity contribution in [3.8, 4) is 6.07 Å². The summed E-state index contributed by atoms with van der Waals surface area (Å²) in [5, 5.41) is 9.76. The van der Waals surface area contributed by atoms with E-state index in [2.05, 4.69) is 19.9 Å². The number of hydrogen-bond donors (Lipinski definition) is 1. The highest BCUT2D eigenvalue weighted by atomic mass is 16.2. The summed E-state index contributed by atoms with van der Waals surface area (Å²) in [7, 11) is 2.04. The van der Waals surface area contributed by atoms with Crippen LogP contribution in [0.25, 0.3) is 11.0 Å². The molecule has 2 aromatic rings. The largest absolute Gasteiger partial charge is 0.354 e. The number of amides is 1. The number of aromatic amines is 1. The Morgan fingerprint density at radius 1 is 1.57 bits per heavy atom. The molecule has 0 aromatic carbocycles. The maximum atomic E-state index is 12.1. The van der Waals surface area contributed by atoms with Crippen molar-refractivity contribution in [3.05, 3.63) is 18.6 Å². The van der Waals surface area contributed by atoms with E-state index >= 15 is 0 Å². The molecule has 1 saturated carbocycles. The Kier molecular flexibility index (Phi) is 3.01. The van der Waals surface area contributed by atoms with Crippen LogP contribution in [0.2, 0.25) is 0 Å². The average Bonchev–Trinajstić information content (AvgIpc) is 2.99. The molecule has 3 heterocycles. The molecule has 1 saturated heterocycles. The van der Waals surface area contributed by atoms with Gasteiger partial charge in [-0.3, -0.25) is 4.79 Å². The SMILES string of the molecule is CN(c1ncnc2[nH]ccc12)[C@H]1CN(C(=O)CC#N)CC12CC2. The number of carbonyl (C=O) groups excluding carboxylic acids is 1. The van der Waals surface area contributed by atoms with Crippen molar-refractivity contribution in [3.63, 3.8) is 0 Å². The molecule has 1 atom stereocenters. The number of likely N-dealkylation sites (N-methyl/N-ethyl adjacent to an activating group) is 1. The minimum absolute atomic E-state index is 0.0396. The van der Waals surface area contributed by atoms with Gasteiger partial charge in [-0.2, -0.15) is 5.26 Å². The first-order chi connectivity index (χ1) is 11.1. The zero-order valence-electron chi connectivity index (χ0n) is 13.0. The monoisotopic (exact) mass is 310 g/mol. The molecule has 7 heteroatoms. The summed E-state index contributed by atoms with van der Waals surface area (Å²) < 4.78 is 0. The highest BCUT2D eigenvalue weighted by molar-refractivity contribution is 5.87. The van der Waals surface area contributed by atoms with Gasteiger partial charge in [0.05, 0.1) is 17.5 Å². The number of nitrogens with zero attached hydrogens (tertiary/aromatic N) is 5.